The van der Waals surface area contributed by atoms with Gasteiger partial charge in [-0.25, -0.2) is 0 Å². The van der Waals surface area contributed by atoms with Crippen molar-refractivity contribution in [1.82, 2.24) is 20.2 Å². The summed E-state index contributed by atoms with van der Waals surface area (Å²) < 4.78 is 1.52. The van der Waals surface area contributed by atoms with E-state index in [1.54, 1.807) is 6.92 Å². The average molecular weight is 190 g/mol. The molecule has 0 bridgehead atoms. The highest BCUT2D eigenvalue weighted by Gasteiger charge is 2.12. The molecule has 1 atom stereocenters. The van der Waals surface area contributed by atoms with Crippen molar-refractivity contribution in [3.63, 3.8) is 0 Å². The Hall–Kier alpha value is -1.75. The fraction of sp³-hybridized carbons (Fsp3) is 0.222. The van der Waals surface area contributed by atoms with E-state index in [0.717, 1.165) is 5.69 Å². The zero-order valence-corrected chi connectivity index (χ0v) is 7.70. The molecule has 14 heavy (non-hydrogen) atoms. The predicted molar refractivity (Wildman–Crippen MR) is 49.8 cm³/mol. The van der Waals surface area contributed by atoms with Gasteiger partial charge < -0.3 is 5.11 Å². The number of para-hydroxylation sites is 1. The lowest BCUT2D eigenvalue weighted by Crippen LogP contribution is -2.05. The van der Waals surface area contributed by atoms with E-state index in [4.69, 9.17) is 0 Å². The van der Waals surface area contributed by atoms with Crippen LogP contribution < -0.4 is 0 Å². The van der Waals surface area contributed by atoms with Gasteiger partial charge >= 0.3 is 0 Å². The van der Waals surface area contributed by atoms with E-state index in [0.29, 0.717) is 5.82 Å². The van der Waals surface area contributed by atoms with E-state index in [1.165, 1.54) is 4.68 Å². The molecule has 0 aliphatic heterocycles. The number of aliphatic hydroxyl groups is 1. The van der Waals surface area contributed by atoms with Gasteiger partial charge in [-0.05, 0) is 29.5 Å². The minimum absolute atomic E-state index is 0.441. The number of nitrogens with zero attached hydrogens (tertiary/aromatic N) is 4. The number of rotatable bonds is 2. The monoisotopic (exact) mass is 190 g/mol. The minimum atomic E-state index is -0.676. The van der Waals surface area contributed by atoms with E-state index >= 15 is 0 Å². The molecule has 5 heteroatoms. The van der Waals surface area contributed by atoms with Crippen molar-refractivity contribution < 1.29 is 5.11 Å². The molecule has 2 rings (SSSR count). The Bertz CT molecular complexity index is 410. The number of aromatic nitrogens is 4. The van der Waals surface area contributed by atoms with Crippen molar-refractivity contribution in [2.24, 2.45) is 0 Å². The lowest BCUT2D eigenvalue weighted by Gasteiger charge is -2.05. The lowest BCUT2D eigenvalue weighted by molar-refractivity contribution is 0.186. The van der Waals surface area contributed by atoms with E-state index < -0.39 is 6.10 Å². The van der Waals surface area contributed by atoms with Crippen molar-refractivity contribution >= 4 is 0 Å². The third kappa shape index (κ3) is 1.49. The maximum Gasteiger partial charge on any atom is 0.184 e. The summed E-state index contributed by atoms with van der Waals surface area (Å²) in [6, 6.07) is 9.45. The molecule has 1 unspecified atom stereocenters. The molecule has 1 aromatic heterocycles. The van der Waals surface area contributed by atoms with Gasteiger partial charge in [0.15, 0.2) is 5.82 Å². The van der Waals surface area contributed by atoms with Crippen LogP contribution in [0, 0.1) is 0 Å². The fourth-order valence-corrected chi connectivity index (χ4v) is 1.21. The Morgan fingerprint density at radius 3 is 2.64 bits per heavy atom. The van der Waals surface area contributed by atoms with Gasteiger partial charge in [0.1, 0.15) is 6.10 Å². The Balaban J connectivity index is 2.47. The van der Waals surface area contributed by atoms with E-state index in [9.17, 15) is 5.11 Å². The molecule has 0 radical (unpaired) electrons. The molecule has 0 amide bonds. The number of benzene rings is 1. The summed E-state index contributed by atoms with van der Waals surface area (Å²) in [6.07, 6.45) is -0.676. The molecular weight excluding hydrogens is 180 g/mol. The van der Waals surface area contributed by atoms with Crippen LogP contribution in [0.25, 0.3) is 5.69 Å². The maximum absolute atomic E-state index is 9.39. The molecule has 2 aromatic rings. The molecule has 0 aliphatic rings. The van der Waals surface area contributed by atoms with Crippen LogP contribution >= 0.6 is 0 Å². The topological polar surface area (TPSA) is 63.8 Å². The summed E-state index contributed by atoms with van der Waals surface area (Å²) in [5.41, 5.74) is 0.841. The van der Waals surface area contributed by atoms with Gasteiger partial charge in [0.25, 0.3) is 0 Å². The van der Waals surface area contributed by atoms with Crippen LogP contribution in [-0.4, -0.2) is 25.3 Å². The molecule has 1 aromatic carbocycles. The molecule has 0 fully saturated rings. The highest BCUT2D eigenvalue weighted by atomic mass is 16.3. The molecule has 5 nitrogen and oxygen atoms in total. The van der Waals surface area contributed by atoms with E-state index in [2.05, 4.69) is 15.5 Å². The molecular formula is C9H10N4O. The van der Waals surface area contributed by atoms with Crippen LogP contribution in [-0.2, 0) is 0 Å². The van der Waals surface area contributed by atoms with Gasteiger partial charge in [-0.3, -0.25) is 0 Å². The Morgan fingerprint density at radius 1 is 1.29 bits per heavy atom. The summed E-state index contributed by atoms with van der Waals surface area (Å²) in [5, 5.41) is 20.5. The van der Waals surface area contributed by atoms with E-state index in [-0.39, 0.29) is 0 Å². The molecule has 0 spiro atoms. The van der Waals surface area contributed by atoms with Crippen LogP contribution in [0.5, 0.6) is 0 Å². The molecule has 72 valence electrons. The summed E-state index contributed by atoms with van der Waals surface area (Å²) in [4.78, 5) is 0. The smallest absolute Gasteiger partial charge is 0.184 e. The second-order valence-electron chi connectivity index (χ2n) is 2.96. The lowest BCUT2D eigenvalue weighted by atomic mass is 10.3. The molecule has 1 N–H and O–H groups in total. The zero-order chi connectivity index (χ0) is 9.97. The molecule has 1 heterocycles. The third-order valence-corrected chi connectivity index (χ3v) is 1.87. The SMILES string of the molecule is CC(O)c1nnnn1-c1ccccc1. The first-order valence-electron chi connectivity index (χ1n) is 4.31. The van der Waals surface area contributed by atoms with Crippen molar-refractivity contribution in [2.75, 3.05) is 0 Å². The summed E-state index contributed by atoms with van der Waals surface area (Å²) in [7, 11) is 0. The van der Waals surface area contributed by atoms with Gasteiger partial charge in [0.2, 0.25) is 0 Å². The largest absolute Gasteiger partial charge is 0.385 e. The quantitative estimate of drug-likeness (QED) is 0.757. The van der Waals surface area contributed by atoms with Crippen molar-refractivity contribution in [3.05, 3.63) is 36.2 Å². The van der Waals surface area contributed by atoms with Gasteiger partial charge in [-0.2, -0.15) is 4.68 Å². The average Bonchev–Trinajstić information content (AvgIpc) is 2.67. The highest BCUT2D eigenvalue weighted by Crippen LogP contribution is 2.12. The molecule has 0 saturated carbocycles. The second-order valence-corrected chi connectivity index (χ2v) is 2.96. The Morgan fingerprint density at radius 2 is 2.00 bits per heavy atom. The third-order valence-electron chi connectivity index (χ3n) is 1.87. The van der Waals surface area contributed by atoms with Crippen LogP contribution in [0.4, 0.5) is 0 Å². The Labute approximate surface area is 81.0 Å². The summed E-state index contributed by atoms with van der Waals surface area (Å²) >= 11 is 0. The number of aliphatic hydroxyl groups excluding tert-OH is 1. The Kier molecular flexibility index (Phi) is 2.24. The first-order valence-corrected chi connectivity index (χ1v) is 4.31. The van der Waals surface area contributed by atoms with E-state index in [1.807, 2.05) is 30.3 Å². The highest BCUT2D eigenvalue weighted by molar-refractivity contribution is 5.30. The summed E-state index contributed by atoms with van der Waals surface area (Å²) in [6.45, 7) is 1.63. The van der Waals surface area contributed by atoms with Gasteiger partial charge in [-0.15, -0.1) is 5.10 Å². The number of hydrogen-bond donors (Lipinski definition) is 1. The molecule has 0 saturated heterocycles. The predicted octanol–water partition coefficient (Wildman–Crippen LogP) is 0.716. The van der Waals surface area contributed by atoms with Crippen LogP contribution in [0.1, 0.15) is 18.9 Å². The van der Waals surface area contributed by atoms with Gasteiger partial charge in [-0.1, -0.05) is 18.2 Å². The maximum atomic E-state index is 9.39. The fourth-order valence-electron chi connectivity index (χ4n) is 1.21. The van der Waals surface area contributed by atoms with Crippen LogP contribution in [0.3, 0.4) is 0 Å². The van der Waals surface area contributed by atoms with Gasteiger partial charge in [0.05, 0.1) is 5.69 Å². The second kappa shape index (κ2) is 3.55. The van der Waals surface area contributed by atoms with Crippen molar-refractivity contribution in [3.8, 4) is 5.69 Å². The van der Waals surface area contributed by atoms with Crippen molar-refractivity contribution in [1.29, 1.82) is 0 Å². The first-order chi connectivity index (χ1) is 6.79. The van der Waals surface area contributed by atoms with Crippen LogP contribution in [0.15, 0.2) is 30.3 Å². The number of tetrazole rings is 1. The zero-order valence-electron chi connectivity index (χ0n) is 7.70. The first kappa shape index (κ1) is 8.83. The van der Waals surface area contributed by atoms with Crippen molar-refractivity contribution in [2.45, 2.75) is 13.0 Å². The minimum Gasteiger partial charge on any atom is -0.385 e. The standard InChI is InChI=1S/C9H10N4O/c1-7(14)9-10-11-12-13(9)8-5-3-2-4-6-8/h2-7,14H,1H3. The number of hydrogen-bond acceptors (Lipinski definition) is 4. The van der Waals surface area contributed by atoms with Gasteiger partial charge in [0, 0.05) is 0 Å². The summed E-state index contributed by atoms with van der Waals surface area (Å²) in [5.74, 6) is 0.441. The molecule has 0 aliphatic carbocycles. The van der Waals surface area contributed by atoms with Crippen LogP contribution in [0.2, 0.25) is 0 Å². The normalized spacial score (nSPS) is 12.7.